The van der Waals surface area contributed by atoms with Gasteiger partial charge in [-0.2, -0.15) is 0 Å². The summed E-state index contributed by atoms with van der Waals surface area (Å²) in [5, 5.41) is 1.21. The van der Waals surface area contributed by atoms with Gasteiger partial charge < -0.3 is 4.90 Å². The summed E-state index contributed by atoms with van der Waals surface area (Å²) in [5.41, 5.74) is 15.1. The molecule has 0 radical (unpaired) electrons. The van der Waals surface area contributed by atoms with E-state index in [0.717, 1.165) is 45.9 Å². The first kappa shape index (κ1) is 33.6. The molecule has 0 spiro atoms. The summed E-state index contributed by atoms with van der Waals surface area (Å²) in [6.45, 7) is 2.31. The fourth-order valence-corrected chi connectivity index (χ4v) is 10.4. The van der Waals surface area contributed by atoms with Crippen molar-refractivity contribution in [3.8, 4) is 28.2 Å². The first-order valence-corrected chi connectivity index (χ1v) is 20.6. The lowest BCUT2D eigenvalue weighted by atomic mass is 9.67. The molecule has 1 unspecified atom stereocenters. The van der Waals surface area contributed by atoms with E-state index < -0.39 is 5.41 Å². The summed E-state index contributed by atoms with van der Waals surface area (Å²) in [4.78, 5) is 8.99. The van der Waals surface area contributed by atoms with Crippen molar-refractivity contribution in [2.75, 3.05) is 4.90 Å². The number of anilines is 3. The maximum atomic E-state index is 5.18. The van der Waals surface area contributed by atoms with Crippen LogP contribution in [0.15, 0.2) is 194 Å². The fraction of sp³-hybridized carbons (Fsp3) is 0.0755. The molecule has 4 heteroatoms. The summed E-state index contributed by atoms with van der Waals surface area (Å²) in [7, 11) is 0. The van der Waals surface area contributed by atoms with Crippen molar-refractivity contribution in [1.29, 1.82) is 0 Å². The quantitative estimate of drug-likeness (QED) is 0.162. The van der Waals surface area contributed by atoms with E-state index in [9.17, 15) is 0 Å². The van der Waals surface area contributed by atoms with E-state index in [1.165, 1.54) is 48.8 Å². The third-order valence-electron chi connectivity index (χ3n) is 11.8. The smallest absolute Gasteiger partial charge is 0.145 e. The normalized spacial score (nSPS) is 14.9. The van der Waals surface area contributed by atoms with Gasteiger partial charge in [0.1, 0.15) is 10.8 Å². The van der Waals surface area contributed by atoms with E-state index in [0.29, 0.717) is 5.92 Å². The SMILES string of the molecule is CC1C=Cc2sc(N(c3ccc(-c4nc5ccccc5n4-c4ccccc4)cc3)c3ccc4c(c3)C(c3ccccc3)(c3ccccc3)c3ccccc3-4)cc2C1. The Balaban J connectivity index is 1.11. The molecule has 3 nitrogen and oxygen atoms in total. The van der Waals surface area contributed by atoms with Gasteiger partial charge in [0.15, 0.2) is 0 Å². The molecule has 0 N–H and O–H groups in total. The highest BCUT2D eigenvalue weighted by Crippen LogP contribution is 2.57. The van der Waals surface area contributed by atoms with Crippen LogP contribution < -0.4 is 4.90 Å². The average Bonchev–Trinajstić information content (AvgIpc) is 3.95. The molecule has 0 amide bonds. The van der Waals surface area contributed by atoms with Crippen LogP contribution in [-0.4, -0.2) is 9.55 Å². The Morgan fingerprint density at radius 2 is 1.25 bits per heavy atom. The van der Waals surface area contributed by atoms with E-state index in [4.69, 9.17) is 4.98 Å². The summed E-state index contributed by atoms with van der Waals surface area (Å²) in [5.74, 6) is 1.45. The summed E-state index contributed by atoms with van der Waals surface area (Å²) in [6, 6.07) is 68.6. The van der Waals surface area contributed by atoms with Gasteiger partial charge in [0, 0.05) is 27.5 Å². The zero-order valence-electron chi connectivity index (χ0n) is 31.6. The molecule has 0 saturated heterocycles. The number of hydrogen-bond acceptors (Lipinski definition) is 3. The van der Waals surface area contributed by atoms with Crippen molar-refractivity contribution in [2.24, 2.45) is 5.92 Å². The molecule has 0 bridgehead atoms. The molecule has 2 heterocycles. The first-order chi connectivity index (χ1) is 28.2. The molecular formula is C53H39N3S. The van der Waals surface area contributed by atoms with Gasteiger partial charge in [-0.05, 0) is 124 Å². The number of aromatic nitrogens is 2. The Kier molecular flexibility index (Phi) is 7.94. The van der Waals surface area contributed by atoms with E-state index in [1.807, 2.05) is 11.3 Å². The molecule has 7 aromatic carbocycles. The van der Waals surface area contributed by atoms with Gasteiger partial charge in [0.05, 0.1) is 16.4 Å². The minimum absolute atomic E-state index is 0.483. The largest absolute Gasteiger partial charge is 0.302 e. The summed E-state index contributed by atoms with van der Waals surface area (Å²) < 4.78 is 2.27. The maximum absolute atomic E-state index is 5.18. The first-order valence-electron chi connectivity index (χ1n) is 19.8. The Labute approximate surface area is 337 Å². The van der Waals surface area contributed by atoms with Crippen molar-refractivity contribution in [3.63, 3.8) is 0 Å². The molecule has 2 aromatic heterocycles. The number of imidazole rings is 1. The predicted octanol–water partition coefficient (Wildman–Crippen LogP) is 13.8. The highest BCUT2D eigenvalue weighted by atomic mass is 32.1. The Morgan fingerprint density at radius 3 is 2.00 bits per heavy atom. The molecule has 2 aliphatic carbocycles. The highest BCUT2D eigenvalue weighted by molar-refractivity contribution is 7.17. The topological polar surface area (TPSA) is 21.1 Å². The Hall–Kier alpha value is -6.75. The van der Waals surface area contributed by atoms with Crippen molar-refractivity contribution >= 4 is 44.8 Å². The molecule has 0 aliphatic heterocycles. The van der Waals surface area contributed by atoms with Crippen molar-refractivity contribution < 1.29 is 0 Å². The standard InChI is InChI=1S/C53H39N3S/c1-36-25-32-50-38(33-36)34-51(57-50)55(42-28-26-37(27-29-42)52-54-48-23-13-14-24-49(48)56(52)41-19-9-4-10-20-41)43-30-31-45-44-21-11-12-22-46(44)53(47(45)35-43,39-15-5-2-6-16-39)40-17-7-3-8-18-40/h2-32,34-36H,33H2,1H3. The van der Waals surface area contributed by atoms with Gasteiger partial charge in [-0.15, -0.1) is 11.3 Å². The number of allylic oxidation sites excluding steroid dienone is 1. The van der Waals surface area contributed by atoms with Crippen LogP contribution in [0.25, 0.3) is 45.3 Å². The second-order valence-corrected chi connectivity index (χ2v) is 16.3. The van der Waals surface area contributed by atoms with Gasteiger partial charge in [-0.1, -0.05) is 134 Å². The summed E-state index contributed by atoms with van der Waals surface area (Å²) >= 11 is 1.87. The number of para-hydroxylation sites is 3. The van der Waals surface area contributed by atoms with Crippen LogP contribution in [0.1, 0.15) is 39.6 Å². The molecule has 11 rings (SSSR count). The average molecular weight is 750 g/mol. The zero-order valence-corrected chi connectivity index (χ0v) is 32.4. The van der Waals surface area contributed by atoms with Crippen LogP contribution >= 0.6 is 11.3 Å². The zero-order chi connectivity index (χ0) is 37.9. The van der Waals surface area contributed by atoms with E-state index in [-0.39, 0.29) is 0 Å². The second kappa shape index (κ2) is 13.5. The number of fused-ring (bicyclic) bond motifs is 5. The van der Waals surface area contributed by atoms with Crippen LogP contribution in [-0.2, 0) is 11.8 Å². The maximum Gasteiger partial charge on any atom is 0.145 e. The van der Waals surface area contributed by atoms with Crippen molar-refractivity contribution in [2.45, 2.75) is 18.8 Å². The predicted molar refractivity (Wildman–Crippen MR) is 238 cm³/mol. The van der Waals surface area contributed by atoms with Crippen LogP contribution in [0.4, 0.5) is 16.4 Å². The van der Waals surface area contributed by atoms with E-state index >= 15 is 0 Å². The minimum atomic E-state index is -0.483. The molecular weight excluding hydrogens is 711 g/mol. The lowest BCUT2D eigenvalue weighted by Gasteiger charge is -2.34. The van der Waals surface area contributed by atoms with Gasteiger partial charge in [-0.25, -0.2) is 4.98 Å². The fourth-order valence-electron chi connectivity index (χ4n) is 9.30. The Morgan fingerprint density at radius 1 is 0.614 bits per heavy atom. The van der Waals surface area contributed by atoms with E-state index in [1.54, 1.807) is 0 Å². The van der Waals surface area contributed by atoms with Gasteiger partial charge in [0.25, 0.3) is 0 Å². The lowest BCUT2D eigenvalue weighted by Crippen LogP contribution is -2.28. The molecule has 9 aromatic rings. The van der Waals surface area contributed by atoms with Gasteiger partial charge in [0.2, 0.25) is 0 Å². The number of nitrogens with zero attached hydrogens (tertiary/aromatic N) is 3. The lowest BCUT2D eigenvalue weighted by molar-refractivity contribution is 0.720. The van der Waals surface area contributed by atoms with Crippen LogP contribution in [0, 0.1) is 5.92 Å². The Bertz CT molecular complexity index is 2900. The molecule has 272 valence electrons. The van der Waals surface area contributed by atoms with E-state index in [2.05, 4.69) is 217 Å². The molecule has 1 atom stereocenters. The number of thiophene rings is 1. The molecule has 0 fully saturated rings. The summed E-state index contributed by atoms with van der Waals surface area (Å²) in [6.07, 6.45) is 5.72. The van der Waals surface area contributed by atoms with Crippen molar-refractivity contribution in [1.82, 2.24) is 9.55 Å². The number of hydrogen-bond donors (Lipinski definition) is 0. The second-order valence-electron chi connectivity index (χ2n) is 15.2. The number of rotatable bonds is 7. The van der Waals surface area contributed by atoms with Crippen molar-refractivity contribution in [3.05, 3.63) is 227 Å². The van der Waals surface area contributed by atoms with Gasteiger partial charge >= 0.3 is 0 Å². The van der Waals surface area contributed by atoms with Crippen LogP contribution in [0.5, 0.6) is 0 Å². The molecule has 0 saturated carbocycles. The minimum Gasteiger partial charge on any atom is -0.302 e. The third kappa shape index (κ3) is 5.36. The molecule has 2 aliphatic rings. The van der Waals surface area contributed by atoms with Crippen LogP contribution in [0.3, 0.4) is 0 Å². The highest BCUT2D eigenvalue weighted by Gasteiger charge is 2.46. The van der Waals surface area contributed by atoms with Gasteiger partial charge in [-0.3, -0.25) is 4.57 Å². The van der Waals surface area contributed by atoms with Crippen LogP contribution in [0.2, 0.25) is 0 Å². The monoisotopic (exact) mass is 749 g/mol. The number of benzene rings is 7. The molecule has 57 heavy (non-hydrogen) atoms. The third-order valence-corrected chi connectivity index (χ3v) is 13.0.